The zero-order valence-corrected chi connectivity index (χ0v) is 13.1. The van der Waals surface area contributed by atoms with E-state index in [9.17, 15) is 4.79 Å². The molecule has 4 nitrogen and oxygen atoms in total. The SMILES string of the molecule is CCNc1cccc(C(=O)Nc2ccc(Br)c(Cl)c2)n1. The third kappa shape index (κ3) is 3.71. The van der Waals surface area contributed by atoms with E-state index >= 15 is 0 Å². The third-order valence-electron chi connectivity index (χ3n) is 2.52. The fourth-order valence-corrected chi connectivity index (χ4v) is 2.04. The van der Waals surface area contributed by atoms with Gasteiger partial charge in [-0.15, -0.1) is 0 Å². The second kappa shape index (κ2) is 6.72. The molecule has 104 valence electrons. The Labute approximate surface area is 130 Å². The molecule has 0 spiro atoms. The smallest absolute Gasteiger partial charge is 0.274 e. The Balaban J connectivity index is 2.15. The Morgan fingerprint density at radius 2 is 2.15 bits per heavy atom. The van der Waals surface area contributed by atoms with Gasteiger partial charge in [-0.05, 0) is 53.2 Å². The van der Waals surface area contributed by atoms with Crippen molar-refractivity contribution in [1.82, 2.24) is 4.98 Å². The molecule has 2 N–H and O–H groups in total. The van der Waals surface area contributed by atoms with Gasteiger partial charge in [-0.3, -0.25) is 4.79 Å². The number of hydrogen-bond donors (Lipinski definition) is 2. The summed E-state index contributed by atoms with van der Waals surface area (Å²) in [4.78, 5) is 16.3. The van der Waals surface area contributed by atoms with Crippen molar-refractivity contribution in [1.29, 1.82) is 0 Å². The van der Waals surface area contributed by atoms with E-state index in [1.807, 2.05) is 13.0 Å². The first-order valence-corrected chi connectivity index (χ1v) is 7.24. The first-order chi connectivity index (χ1) is 9.60. The number of hydrogen-bond acceptors (Lipinski definition) is 3. The van der Waals surface area contributed by atoms with Gasteiger partial charge in [0.1, 0.15) is 11.5 Å². The van der Waals surface area contributed by atoms with E-state index in [2.05, 4.69) is 31.5 Å². The number of nitrogens with zero attached hydrogens (tertiary/aromatic N) is 1. The van der Waals surface area contributed by atoms with Gasteiger partial charge in [0.2, 0.25) is 0 Å². The fourth-order valence-electron chi connectivity index (χ4n) is 1.61. The molecule has 2 aromatic rings. The van der Waals surface area contributed by atoms with Crippen molar-refractivity contribution >= 4 is 44.9 Å². The highest BCUT2D eigenvalue weighted by Crippen LogP contribution is 2.25. The number of rotatable bonds is 4. The molecule has 0 aliphatic carbocycles. The van der Waals surface area contributed by atoms with Crippen LogP contribution in [-0.4, -0.2) is 17.4 Å². The number of pyridine rings is 1. The molecule has 0 saturated heterocycles. The molecule has 20 heavy (non-hydrogen) atoms. The molecule has 0 fully saturated rings. The van der Waals surface area contributed by atoms with Crippen LogP contribution in [0.4, 0.5) is 11.5 Å². The highest BCUT2D eigenvalue weighted by molar-refractivity contribution is 9.10. The van der Waals surface area contributed by atoms with Crippen molar-refractivity contribution in [2.24, 2.45) is 0 Å². The standard InChI is InChI=1S/C14H13BrClN3O/c1-2-17-13-5-3-4-12(19-13)14(20)18-9-6-7-10(15)11(16)8-9/h3-8H,2H2,1H3,(H,17,19)(H,18,20). The summed E-state index contributed by atoms with van der Waals surface area (Å²) in [7, 11) is 0. The largest absolute Gasteiger partial charge is 0.370 e. The Hall–Kier alpha value is -1.59. The monoisotopic (exact) mass is 353 g/mol. The summed E-state index contributed by atoms with van der Waals surface area (Å²) in [6.07, 6.45) is 0. The van der Waals surface area contributed by atoms with Crippen molar-refractivity contribution in [3.8, 4) is 0 Å². The first-order valence-electron chi connectivity index (χ1n) is 6.07. The van der Waals surface area contributed by atoms with Gasteiger partial charge in [0, 0.05) is 16.7 Å². The van der Waals surface area contributed by atoms with E-state index in [1.165, 1.54) is 0 Å². The van der Waals surface area contributed by atoms with Crippen LogP contribution in [0.25, 0.3) is 0 Å². The Bertz CT molecular complexity index is 634. The molecule has 1 aromatic carbocycles. The van der Waals surface area contributed by atoms with Gasteiger partial charge in [0.15, 0.2) is 0 Å². The molecule has 0 aliphatic rings. The zero-order chi connectivity index (χ0) is 14.5. The minimum absolute atomic E-state index is 0.275. The Kier molecular flexibility index (Phi) is 4.98. The second-order valence-corrected chi connectivity index (χ2v) is 5.28. The number of halogens is 2. The number of amides is 1. The van der Waals surface area contributed by atoms with Crippen LogP contribution in [0.5, 0.6) is 0 Å². The van der Waals surface area contributed by atoms with Gasteiger partial charge in [-0.1, -0.05) is 17.7 Å². The van der Waals surface area contributed by atoms with Crippen LogP contribution < -0.4 is 10.6 Å². The van der Waals surface area contributed by atoms with E-state index in [1.54, 1.807) is 30.3 Å². The lowest BCUT2D eigenvalue weighted by Crippen LogP contribution is -2.14. The summed E-state index contributed by atoms with van der Waals surface area (Å²) >= 11 is 9.29. The zero-order valence-electron chi connectivity index (χ0n) is 10.8. The van der Waals surface area contributed by atoms with Crippen molar-refractivity contribution in [3.63, 3.8) is 0 Å². The molecule has 0 radical (unpaired) electrons. The lowest BCUT2D eigenvalue weighted by Gasteiger charge is -2.07. The van der Waals surface area contributed by atoms with Crippen molar-refractivity contribution < 1.29 is 4.79 Å². The Morgan fingerprint density at radius 1 is 1.35 bits per heavy atom. The summed E-state index contributed by atoms with van der Waals surface area (Å²) in [5.74, 6) is 0.400. The summed E-state index contributed by atoms with van der Waals surface area (Å²) in [5.41, 5.74) is 0.973. The van der Waals surface area contributed by atoms with Crippen molar-refractivity contribution in [3.05, 3.63) is 51.6 Å². The maximum atomic E-state index is 12.1. The number of anilines is 2. The number of benzene rings is 1. The summed E-state index contributed by atoms with van der Waals surface area (Å²) in [5, 5.41) is 6.36. The number of nitrogens with one attached hydrogen (secondary N) is 2. The summed E-state index contributed by atoms with van der Waals surface area (Å²) in [6.45, 7) is 2.72. The van der Waals surface area contributed by atoms with Crippen LogP contribution in [0.3, 0.4) is 0 Å². The molecule has 0 saturated carbocycles. The second-order valence-electron chi connectivity index (χ2n) is 4.02. The highest BCUT2D eigenvalue weighted by atomic mass is 79.9. The molecule has 0 bridgehead atoms. The predicted octanol–water partition coefficient (Wildman–Crippen LogP) is 4.18. The van der Waals surface area contributed by atoms with E-state index < -0.39 is 0 Å². The average molecular weight is 355 g/mol. The average Bonchev–Trinajstić information content (AvgIpc) is 2.43. The van der Waals surface area contributed by atoms with Crippen molar-refractivity contribution in [2.45, 2.75) is 6.92 Å². The maximum absolute atomic E-state index is 12.1. The molecular weight excluding hydrogens is 342 g/mol. The van der Waals surface area contributed by atoms with Gasteiger partial charge in [0.05, 0.1) is 5.02 Å². The molecular formula is C14H13BrClN3O. The molecule has 1 amide bonds. The van der Waals surface area contributed by atoms with Gasteiger partial charge in [0.25, 0.3) is 5.91 Å². The van der Waals surface area contributed by atoms with Crippen LogP contribution in [0, 0.1) is 0 Å². The molecule has 0 aliphatic heterocycles. The van der Waals surface area contributed by atoms with Gasteiger partial charge < -0.3 is 10.6 Å². The number of aromatic nitrogens is 1. The maximum Gasteiger partial charge on any atom is 0.274 e. The van der Waals surface area contributed by atoms with Crippen LogP contribution in [0.15, 0.2) is 40.9 Å². The predicted molar refractivity (Wildman–Crippen MR) is 85.5 cm³/mol. The molecule has 1 aromatic heterocycles. The quantitative estimate of drug-likeness (QED) is 0.866. The minimum Gasteiger partial charge on any atom is -0.370 e. The lowest BCUT2D eigenvalue weighted by molar-refractivity contribution is 0.102. The van der Waals surface area contributed by atoms with E-state index in [-0.39, 0.29) is 5.91 Å². The van der Waals surface area contributed by atoms with Crippen LogP contribution in [-0.2, 0) is 0 Å². The number of carbonyl (C=O) groups excluding carboxylic acids is 1. The van der Waals surface area contributed by atoms with Gasteiger partial charge >= 0.3 is 0 Å². The van der Waals surface area contributed by atoms with Crippen LogP contribution >= 0.6 is 27.5 Å². The molecule has 0 atom stereocenters. The number of carbonyl (C=O) groups is 1. The fraction of sp³-hybridized carbons (Fsp3) is 0.143. The van der Waals surface area contributed by atoms with Gasteiger partial charge in [-0.25, -0.2) is 4.98 Å². The third-order valence-corrected chi connectivity index (χ3v) is 3.75. The normalized spacial score (nSPS) is 10.2. The summed E-state index contributed by atoms with van der Waals surface area (Å²) < 4.78 is 0.782. The van der Waals surface area contributed by atoms with E-state index in [4.69, 9.17) is 11.6 Å². The Morgan fingerprint density at radius 3 is 2.85 bits per heavy atom. The van der Waals surface area contributed by atoms with Crippen LogP contribution in [0.2, 0.25) is 5.02 Å². The first kappa shape index (κ1) is 14.8. The highest BCUT2D eigenvalue weighted by Gasteiger charge is 2.09. The van der Waals surface area contributed by atoms with E-state index in [0.717, 1.165) is 11.0 Å². The molecule has 0 unspecified atom stereocenters. The van der Waals surface area contributed by atoms with E-state index in [0.29, 0.717) is 22.2 Å². The summed E-state index contributed by atoms with van der Waals surface area (Å²) in [6, 6.07) is 10.5. The molecule has 1 heterocycles. The van der Waals surface area contributed by atoms with Crippen molar-refractivity contribution in [2.75, 3.05) is 17.2 Å². The molecule has 6 heteroatoms. The van der Waals surface area contributed by atoms with Gasteiger partial charge in [-0.2, -0.15) is 0 Å². The van der Waals surface area contributed by atoms with Crippen LogP contribution in [0.1, 0.15) is 17.4 Å². The topological polar surface area (TPSA) is 54.0 Å². The molecule has 2 rings (SSSR count). The minimum atomic E-state index is -0.275. The lowest BCUT2D eigenvalue weighted by atomic mass is 10.3.